The molecule has 1 unspecified atom stereocenters. The minimum Gasteiger partial charge on any atom is -0.390 e. The Balaban J connectivity index is 1.39. The van der Waals surface area contributed by atoms with Crippen molar-refractivity contribution in [2.45, 2.75) is 25.5 Å². The number of β-amino-alcohol motifs (C(OH)–C–C–N with tert-alkyl or cyclic N) is 1. The molecule has 0 saturated heterocycles. The van der Waals surface area contributed by atoms with Crippen molar-refractivity contribution in [1.82, 2.24) is 4.90 Å². The van der Waals surface area contributed by atoms with Crippen molar-refractivity contribution in [2.75, 3.05) is 24.5 Å². The molecule has 124 valence electrons. The van der Waals surface area contributed by atoms with E-state index in [1.807, 2.05) is 24.3 Å². The number of anilines is 1. The van der Waals surface area contributed by atoms with Crippen LogP contribution < -0.4 is 4.90 Å². The van der Waals surface area contributed by atoms with Gasteiger partial charge in [-0.15, -0.1) is 0 Å². The fourth-order valence-electron chi connectivity index (χ4n) is 3.79. The van der Waals surface area contributed by atoms with Gasteiger partial charge in [0.25, 0.3) is 0 Å². The predicted octanol–water partition coefficient (Wildman–Crippen LogP) is 1.99. The van der Waals surface area contributed by atoms with Crippen LogP contribution in [0.2, 0.25) is 0 Å². The number of rotatable bonds is 4. The summed E-state index contributed by atoms with van der Waals surface area (Å²) >= 11 is 0. The van der Waals surface area contributed by atoms with Crippen molar-refractivity contribution in [3.05, 3.63) is 65.2 Å². The Hall–Kier alpha value is -2.17. The largest absolute Gasteiger partial charge is 0.390 e. The molecule has 24 heavy (non-hydrogen) atoms. The highest BCUT2D eigenvalue weighted by Gasteiger charge is 2.29. The van der Waals surface area contributed by atoms with Crippen LogP contribution in [0, 0.1) is 0 Å². The second-order valence-corrected chi connectivity index (χ2v) is 6.72. The van der Waals surface area contributed by atoms with Gasteiger partial charge in [0, 0.05) is 25.3 Å². The summed E-state index contributed by atoms with van der Waals surface area (Å²) in [6.45, 7) is 2.80. The number of carbonyl (C=O) groups is 1. The fraction of sp³-hybridized carbons (Fsp3) is 0.350. The van der Waals surface area contributed by atoms with Gasteiger partial charge in [0.1, 0.15) is 0 Å². The maximum Gasteiger partial charge on any atom is 0.231 e. The maximum atomic E-state index is 12.2. The van der Waals surface area contributed by atoms with E-state index in [2.05, 4.69) is 29.2 Å². The van der Waals surface area contributed by atoms with Gasteiger partial charge in [-0.3, -0.25) is 9.69 Å². The molecule has 2 aromatic carbocycles. The van der Waals surface area contributed by atoms with Gasteiger partial charge < -0.3 is 10.0 Å². The molecule has 2 aromatic rings. The summed E-state index contributed by atoms with van der Waals surface area (Å²) < 4.78 is 0. The highest BCUT2D eigenvalue weighted by atomic mass is 16.3. The Morgan fingerprint density at radius 1 is 0.958 bits per heavy atom. The molecular weight excluding hydrogens is 300 g/mol. The number of nitrogens with zero attached hydrogens (tertiary/aromatic N) is 2. The Kier molecular flexibility index (Phi) is 4.08. The predicted molar refractivity (Wildman–Crippen MR) is 93.9 cm³/mol. The number of hydrogen-bond donors (Lipinski definition) is 1. The number of benzene rings is 2. The molecule has 0 saturated carbocycles. The molecule has 1 N–H and O–H groups in total. The minimum atomic E-state index is -0.537. The Labute approximate surface area is 142 Å². The number of carbonyl (C=O) groups excluding carboxylic acids is 1. The minimum absolute atomic E-state index is 0.0826. The van der Waals surface area contributed by atoms with E-state index >= 15 is 0 Å². The zero-order valence-electron chi connectivity index (χ0n) is 13.7. The van der Waals surface area contributed by atoms with Crippen LogP contribution in [0.15, 0.2) is 48.5 Å². The molecule has 1 amide bonds. The second kappa shape index (κ2) is 6.38. The number of hydrogen-bond acceptors (Lipinski definition) is 3. The van der Waals surface area contributed by atoms with Crippen molar-refractivity contribution in [3.63, 3.8) is 0 Å². The lowest BCUT2D eigenvalue weighted by atomic mass is 10.00. The summed E-state index contributed by atoms with van der Waals surface area (Å²) in [4.78, 5) is 16.2. The molecular formula is C20H22N2O2. The van der Waals surface area contributed by atoms with Gasteiger partial charge in [0.15, 0.2) is 0 Å². The van der Waals surface area contributed by atoms with Crippen LogP contribution in [0.25, 0.3) is 0 Å². The first-order valence-corrected chi connectivity index (χ1v) is 8.56. The van der Waals surface area contributed by atoms with E-state index in [9.17, 15) is 9.90 Å². The van der Waals surface area contributed by atoms with E-state index in [0.29, 0.717) is 19.5 Å². The Bertz CT molecular complexity index is 759. The van der Waals surface area contributed by atoms with Crippen molar-refractivity contribution in [1.29, 1.82) is 0 Å². The second-order valence-electron chi connectivity index (χ2n) is 6.72. The average Bonchev–Trinajstić information content (AvgIpc) is 2.90. The van der Waals surface area contributed by atoms with Gasteiger partial charge in [-0.2, -0.15) is 0 Å². The first-order valence-electron chi connectivity index (χ1n) is 8.56. The van der Waals surface area contributed by atoms with E-state index in [1.54, 1.807) is 4.90 Å². The zero-order valence-corrected chi connectivity index (χ0v) is 13.7. The molecule has 1 atom stereocenters. The molecule has 0 aromatic heterocycles. The van der Waals surface area contributed by atoms with Gasteiger partial charge in [0.05, 0.1) is 19.1 Å². The van der Waals surface area contributed by atoms with Crippen LogP contribution in [-0.4, -0.2) is 41.7 Å². The highest BCUT2D eigenvalue weighted by Crippen LogP contribution is 2.28. The number of amides is 1. The SMILES string of the molecule is O=C1Cc2ccccc2N1CC(O)CN1CCc2ccccc2C1. The third-order valence-electron chi connectivity index (χ3n) is 5.00. The van der Waals surface area contributed by atoms with E-state index in [1.165, 1.54) is 11.1 Å². The first-order chi connectivity index (χ1) is 11.7. The van der Waals surface area contributed by atoms with Crippen LogP contribution >= 0.6 is 0 Å². The monoisotopic (exact) mass is 322 g/mol. The normalized spacial score (nSPS) is 18.4. The molecule has 2 aliphatic heterocycles. The van der Waals surface area contributed by atoms with Gasteiger partial charge in [-0.05, 0) is 29.2 Å². The van der Waals surface area contributed by atoms with Gasteiger partial charge in [-0.25, -0.2) is 0 Å². The molecule has 0 bridgehead atoms. The average molecular weight is 322 g/mol. The topological polar surface area (TPSA) is 43.8 Å². The molecule has 0 fully saturated rings. The third kappa shape index (κ3) is 2.95. The molecule has 4 rings (SSSR count). The number of aliphatic hydroxyl groups is 1. The van der Waals surface area contributed by atoms with E-state index < -0.39 is 6.10 Å². The molecule has 0 aliphatic carbocycles. The molecule has 0 spiro atoms. The Morgan fingerprint density at radius 3 is 2.50 bits per heavy atom. The lowest BCUT2D eigenvalue weighted by Gasteiger charge is -2.31. The summed E-state index contributed by atoms with van der Waals surface area (Å²) in [5.74, 6) is 0.0826. The number of aliphatic hydroxyl groups excluding tert-OH is 1. The van der Waals surface area contributed by atoms with Crippen molar-refractivity contribution < 1.29 is 9.90 Å². The summed E-state index contributed by atoms with van der Waals surface area (Å²) in [6.07, 6.45) is 0.930. The number of para-hydroxylation sites is 1. The van der Waals surface area contributed by atoms with E-state index in [0.717, 1.165) is 30.8 Å². The standard InChI is InChI=1S/C20H22N2O2/c23-18(13-21-10-9-15-5-1-2-7-17(15)12-21)14-22-19-8-4-3-6-16(19)11-20(22)24/h1-8,18,23H,9-14H2. The summed E-state index contributed by atoms with van der Waals surface area (Å²) in [5, 5.41) is 10.5. The van der Waals surface area contributed by atoms with Crippen molar-refractivity contribution in [2.24, 2.45) is 0 Å². The van der Waals surface area contributed by atoms with Crippen LogP contribution in [0.3, 0.4) is 0 Å². The van der Waals surface area contributed by atoms with Gasteiger partial charge in [0.2, 0.25) is 5.91 Å². The third-order valence-corrected chi connectivity index (χ3v) is 5.00. The number of fused-ring (bicyclic) bond motifs is 2. The van der Waals surface area contributed by atoms with Crippen LogP contribution in [0.1, 0.15) is 16.7 Å². The van der Waals surface area contributed by atoms with Crippen LogP contribution in [0.5, 0.6) is 0 Å². The smallest absolute Gasteiger partial charge is 0.231 e. The van der Waals surface area contributed by atoms with Gasteiger partial charge >= 0.3 is 0 Å². The van der Waals surface area contributed by atoms with E-state index in [-0.39, 0.29) is 5.91 Å². The van der Waals surface area contributed by atoms with Gasteiger partial charge in [-0.1, -0.05) is 42.5 Å². The van der Waals surface area contributed by atoms with E-state index in [4.69, 9.17) is 0 Å². The summed E-state index contributed by atoms with van der Waals surface area (Å²) in [5.41, 5.74) is 4.76. The first kappa shape index (κ1) is 15.4. The molecule has 2 heterocycles. The van der Waals surface area contributed by atoms with Crippen LogP contribution in [0.4, 0.5) is 5.69 Å². The fourth-order valence-corrected chi connectivity index (χ4v) is 3.79. The van der Waals surface area contributed by atoms with Crippen LogP contribution in [-0.2, 0) is 24.2 Å². The lowest BCUT2D eigenvalue weighted by Crippen LogP contribution is -2.43. The Morgan fingerprint density at radius 2 is 1.67 bits per heavy atom. The molecule has 4 heteroatoms. The van der Waals surface area contributed by atoms with Crippen molar-refractivity contribution >= 4 is 11.6 Å². The summed E-state index contributed by atoms with van der Waals surface area (Å²) in [7, 11) is 0. The lowest BCUT2D eigenvalue weighted by molar-refractivity contribution is -0.117. The quantitative estimate of drug-likeness (QED) is 0.936. The summed E-state index contributed by atoms with van der Waals surface area (Å²) in [6, 6.07) is 16.3. The highest BCUT2D eigenvalue weighted by molar-refractivity contribution is 6.01. The molecule has 4 nitrogen and oxygen atoms in total. The zero-order chi connectivity index (χ0) is 16.5. The molecule has 0 radical (unpaired) electrons. The molecule has 2 aliphatic rings. The maximum absolute atomic E-state index is 12.2. The van der Waals surface area contributed by atoms with Crippen molar-refractivity contribution in [3.8, 4) is 0 Å².